The molecule has 0 bridgehead atoms. The van der Waals surface area contributed by atoms with Gasteiger partial charge in [-0.15, -0.1) is 9.78 Å². The molecule has 0 unspecified atom stereocenters. The molecule has 0 saturated carbocycles. The first-order chi connectivity index (χ1) is 7.82. The van der Waals surface area contributed by atoms with Crippen LogP contribution in [0.15, 0.2) is 4.79 Å². The molecular weight excluding hydrogens is 222 g/mol. The fourth-order valence-electron chi connectivity index (χ4n) is 1.29. The van der Waals surface area contributed by atoms with Crippen molar-refractivity contribution < 1.29 is 4.79 Å². The maximum Gasteiger partial charge on any atom is 0.373 e. The van der Waals surface area contributed by atoms with Gasteiger partial charge in [-0.05, 0) is 27.2 Å². The Morgan fingerprint density at radius 2 is 2.06 bits per heavy atom. The van der Waals surface area contributed by atoms with E-state index in [1.807, 2.05) is 20.8 Å². The van der Waals surface area contributed by atoms with E-state index in [0.29, 0.717) is 5.82 Å². The summed E-state index contributed by atoms with van der Waals surface area (Å²) in [6.07, 6.45) is 0.763. The standard InChI is InChI=1S/C10H19N5O2/c1-6-10(3,4)12-8(16)15-9(17)14(11-5)7(2)13-15/h11H,6H2,1-5H3,(H,12,16). The van der Waals surface area contributed by atoms with Crippen LogP contribution in [0.1, 0.15) is 33.0 Å². The predicted molar refractivity (Wildman–Crippen MR) is 64.8 cm³/mol. The summed E-state index contributed by atoms with van der Waals surface area (Å²) in [4.78, 5) is 23.6. The lowest BCUT2D eigenvalue weighted by atomic mass is 10.0. The summed E-state index contributed by atoms with van der Waals surface area (Å²) < 4.78 is 2.03. The van der Waals surface area contributed by atoms with Gasteiger partial charge in [0.15, 0.2) is 5.82 Å². The van der Waals surface area contributed by atoms with Crippen LogP contribution in [0, 0.1) is 6.92 Å². The van der Waals surface area contributed by atoms with Gasteiger partial charge in [0.05, 0.1) is 0 Å². The van der Waals surface area contributed by atoms with Crippen LogP contribution >= 0.6 is 0 Å². The average molecular weight is 241 g/mol. The second-order valence-corrected chi connectivity index (χ2v) is 4.47. The summed E-state index contributed by atoms with van der Waals surface area (Å²) in [6.45, 7) is 7.38. The number of nitrogens with zero attached hydrogens (tertiary/aromatic N) is 3. The third kappa shape index (κ3) is 2.66. The zero-order chi connectivity index (χ0) is 13.2. The average Bonchev–Trinajstić information content (AvgIpc) is 2.53. The lowest BCUT2D eigenvalue weighted by molar-refractivity contribution is 0.226. The first-order valence-corrected chi connectivity index (χ1v) is 5.51. The highest BCUT2D eigenvalue weighted by Gasteiger charge is 2.22. The van der Waals surface area contributed by atoms with Crippen LogP contribution in [0.2, 0.25) is 0 Å². The summed E-state index contributed by atoms with van der Waals surface area (Å²) >= 11 is 0. The van der Waals surface area contributed by atoms with Crippen molar-refractivity contribution in [2.75, 3.05) is 12.5 Å². The molecule has 0 aromatic carbocycles. The quantitative estimate of drug-likeness (QED) is 0.796. The van der Waals surface area contributed by atoms with E-state index in [-0.39, 0.29) is 5.54 Å². The monoisotopic (exact) mass is 241 g/mol. The number of nitrogens with one attached hydrogen (secondary N) is 2. The van der Waals surface area contributed by atoms with E-state index in [1.54, 1.807) is 14.0 Å². The van der Waals surface area contributed by atoms with Gasteiger partial charge in [-0.2, -0.15) is 4.68 Å². The van der Waals surface area contributed by atoms with Crippen molar-refractivity contribution in [3.05, 3.63) is 16.3 Å². The summed E-state index contributed by atoms with van der Waals surface area (Å²) in [5, 5.41) is 6.64. The molecule has 0 saturated heterocycles. The van der Waals surface area contributed by atoms with Gasteiger partial charge in [0.1, 0.15) is 0 Å². The smallest absolute Gasteiger partial charge is 0.331 e. The Hall–Kier alpha value is -1.79. The van der Waals surface area contributed by atoms with Crippen molar-refractivity contribution in [3.8, 4) is 0 Å². The number of carbonyl (C=O) groups excluding carboxylic acids is 1. The number of aromatic nitrogens is 3. The van der Waals surface area contributed by atoms with Crippen molar-refractivity contribution >= 4 is 6.03 Å². The lowest BCUT2D eigenvalue weighted by Gasteiger charge is -2.23. The van der Waals surface area contributed by atoms with E-state index in [0.717, 1.165) is 11.1 Å². The molecule has 1 amide bonds. The Balaban J connectivity index is 3.03. The molecule has 2 N–H and O–H groups in total. The Morgan fingerprint density at radius 1 is 1.47 bits per heavy atom. The van der Waals surface area contributed by atoms with Gasteiger partial charge in [0.2, 0.25) is 0 Å². The number of hydrogen-bond donors (Lipinski definition) is 2. The first kappa shape index (κ1) is 13.3. The second-order valence-electron chi connectivity index (χ2n) is 4.47. The largest absolute Gasteiger partial charge is 0.373 e. The number of amides is 1. The zero-order valence-electron chi connectivity index (χ0n) is 10.9. The van der Waals surface area contributed by atoms with Crippen LogP contribution in [-0.4, -0.2) is 33.1 Å². The molecule has 1 aromatic heterocycles. The van der Waals surface area contributed by atoms with E-state index in [2.05, 4.69) is 15.8 Å². The minimum Gasteiger partial charge on any atom is -0.331 e. The van der Waals surface area contributed by atoms with Crippen molar-refractivity contribution in [1.29, 1.82) is 0 Å². The normalized spacial score (nSPS) is 11.4. The van der Waals surface area contributed by atoms with Gasteiger partial charge < -0.3 is 10.7 Å². The molecule has 96 valence electrons. The van der Waals surface area contributed by atoms with Crippen molar-refractivity contribution in [2.45, 2.75) is 39.7 Å². The summed E-state index contributed by atoms with van der Waals surface area (Å²) in [5.74, 6) is 0.432. The minimum atomic E-state index is -0.515. The third-order valence-electron chi connectivity index (χ3n) is 2.69. The molecule has 0 atom stereocenters. The fraction of sp³-hybridized carbons (Fsp3) is 0.700. The lowest BCUT2D eigenvalue weighted by Crippen LogP contribution is -2.48. The van der Waals surface area contributed by atoms with Gasteiger partial charge in [-0.25, -0.2) is 9.59 Å². The third-order valence-corrected chi connectivity index (χ3v) is 2.69. The molecule has 7 nitrogen and oxygen atoms in total. The molecule has 0 aliphatic rings. The van der Waals surface area contributed by atoms with E-state index < -0.39 is 11.7 Å². The van der Waals surface area contributed by atoms with Crippen LogP contribution < -0.4 is 16.4 Å². The Kier molecular flexibility index (Phi) is 3.59. The van der Waals surface area contributed by atoms with E-state index in [4.69, 9.17) is 0 Å². The van der Waals surface area contributed by atoms with Crippen LogP contribution in [0.5, 0.6) is 0 Å². The summed E-state index contributed by atoms with van der Waals surface area (Å²) in [7, 11) is 1.59. The maximum absolute atomic E-state index is 11.9. The fourth-order valence-corrected chi connectivity index (χ4v) is 1.29. The van der Waals surface area contributed by atoms with Gasteiger partial charge >= 0.3 is 11.7 Å². The molecule has 17 heavy (non-hydrogen) atoms. The van der Waals surface area contributed by atoms with E-state index >= 15 is 0 Å². The first-order valence-electron chi connectivity index (χ1n) is 5.51. The molecule has 0 aliphatic carbocycles. The molecule has 0 spiro atoms. The van der Waals surface area contributed by atoms with Crippen molar-refractivity contribution in [3.63, 3.8) is 0 Å². The summed E-state index contributed by atoms with van der Waals surface area (Å²) in [5.41, 5.74) is 1.78. The molecule has 1 aromatic rings. The Labute approximate surface area is 99.8 Å². The van der Waals surface area contributed by atoms with Crippen molar-refractivity contribution in [1.82, 2.24) is 19.8 Å². The topological polar surface area (TPSA) is 81.0 Å². The predicted octanol–water partition coefficient (Wildman–Crippen LogP) is 0.273. The Morgan fingerprint density at radius 3 is 2.47 bits per heavy atom. The van der Waals surface area contributed by atoms with Crippen LogP contribution in [-0.2, 0) is 0 Å². The molecule has 1 heterocycles. The Bertz CT molecular complexity index is 472. The van der Waals surface area contributed by atoms with Gasteiger partial charge in [-0.3, -0.25) is 0 Å². The number of hydrogen-bond acceptors (Lipinski definition) is 4. The number of carbonyl (C=O) groups is 1. The van der Waals surface area contributed by atoms with E-state index in [9.17, 15) is 9.59 Å². The SMILES string of the molecule is CCC(C)(C)NC(=O)n1nc(C)n(NC)c1=O. The highest BCUT2D eigenvalue weighted by Crippen LogP contribution is 2.06. The van der Waals surface area contributed by atoms with Gasteiger partial charge in [0, 0.05) is 12.6 Å². The molecular formula is C10H19N5O2. The molecule has 7 heteroatoms. The van der Waals surface area contributed by atoms with Gasteiger partial charge in [-0.1, -0.05) is 6.92 Å². The number of rotatable bonds is 3. The van der Waals surface area contributed by atoms with Crippen LogP contribution in [0.25, 0.3) is 0 Å². The number of aryl methyl sites for hydroxylation is 1. The van der Waals surface area contributed by atoms with Crippen LogP contribution in [0.4, 0.5) is 4.79 Å². The highest BCUT2D eigenvalue weighted by molar-refractivity contribution is 5.76. The minimum absolute atomic E-state index is 0.367. The van der Waals surface area contributed by atoms with Crippen LogP contribution in [0.3, 0.4) is 0 Å². The maximum atomic E-state index is 11.9. The van der Waals surface area contributed by atoms with Crippen molar-refractivity contribution in [2.24, 2.45) is 0 Å². The molecule has 0 fully saturated rings. The van der Waals surface area contributed by atoms with Gasteiger partial charge in [0.25, 0.3) is 0 Å². The second kappa shape index (κ2) is 4.60. The molecule has 1 rings (SSSR count). The van der Waals surface area contributed by atoms with E-state index in [1.165, 1.54) is 4.68 Å². The molecule has 0 radical (unpaired) electrons. The zero-order valence-corrected chi connectivity index (χ0v) is 10.9. The highest BCUT2D eigenvalue weighted by atomic mass is 16.2. The summed E-state index contributed by atoms with van der Waals surface area (Å²) in [6, 6.07) is -0.515. The molecule has 0 aliphatic heterocycles.